The van der Waals surface area contributed by atoms with Crippen molar-refractivity contribution in [1.82, 2.24) is 0 Å². The summed E-state index contributed by atoms with van der Waals surface area (Å²) in [6.45, 7) is 7.04. The Balaban J connectivity index is 0. The third-order valence-corrected chi connectivity index (χ3v) is 5.41. The molecule has 0 bridgehead atoms. The Labute approximate surface area is 184 Å². The molecule has 0 unspecified atom stereocenters. The van der Waals surface area contributed by atoms with Gasteiger partial charge in [-0.3, -0.25) is 0 Å². The molecule has 3 heteroatoms. The number of hydrogen-bond donors (Lipinski definition) is 2. The molecule has 0 amide bonds. The highest BCUT2D eigenvalue weighted by Gasteiger charge is 1.95. The summed E-state index contributed by atoms with van der Waals surface area (Å²) in [5.74, 6) is 0. The number of aliphatic hydroxyl groups is 1. The molecule has 0 rings (SSSR count). The first-order valence-electron chi connectivity index (χ1n) is 13.2. The molecular weight excluding hydrogens is 358 g/mol. The lowest BCUT2D eigenvalue weighted by atomic mass is 10.1. The summed E-state index contributed by atoms with van der Waals surface area (Å²) in [6, 6.07) is 0. The van der Waals surface area contributed by atoms with Crippen molar-refractivity contribution >= 4 is 0 Å². The van der Waals surface area contributed by atoms with E-state index in [0.29, 0.717) is 6.54 Å². The molecule has 0 aromatic heterocycles. The van der Waals surface area contributed by atoms with Crippen molar-refractivity contribution in [1.29, 1.82) is 0 Å². The van der Waals surface area contributed by atoms with Gasteiger partial charge < -0.3 is 15.6 Å². The van der Waals surface area contributed by atoms with Gasteiger partial charge in [0, 0.05) is 19.8 Å². The van der Waals surface area contributed by atoms with Crippen LogP contribution in [-0.4, -0.2) is 31.5 Å². The predicted molar refractivity (Wildman–Crippen MR) is 131 cm³/mol. The van der Waals surface area contributed by atoms with Crippen LogP contribution in [0.2, 0.25) is 0 Å². The van der Waals surface area contributed by atoms with Gasteiger partial charge in [-0.05, 0) is 12.8 Å². The molecule has 0 spiro atoms. The normalized spacial score (nSPS) is 10.8. The van der Waals surface area contributed by atoms with Crippen LogP contribution in [0.1, 0.15) is 142 Å². The van der Waals surface area contributed by atoms with Gasteiger partial charge in [0.2, 0.25) is 0 Å². The summed E-state index contributed by atoms with van der Waals surface area (Å²) in [5.41, 5.74) is 4.78. The van der Waals surface area contributed by atoms with E-state index in [2.05, 4.69) is 13.8 Å². The van der Waals surface area contributed by atoms with Crippen molar-refractivity contribution in [2.45, 2.75) is 142 Å². The first kappa shape index (κ1) is 31.1. The van der Waals surface area contributed by atoms with E-state index >= 15 is 0 Å². The van der Waals surface area contributed by atoms with Crippen molar-refractivity contribution in [2.75, 3.05) is 26.4 Å². The fourth-order valence-electron chi connectivity index (χ4n) is 3.49. The molecule has 0 atom stereocenters. The molecule has 178 valence electrons. The van der Waals surface area contributed by atoms with Crippen molar-refractivity contribution in [2.24, 2.45) is 5.73 Å². The van der Waals surface area contributed by atoms with E-state index in [1.54, 1.807) is 0 Å². The zero-order valence-electron chi connectivity index (χ0n) is 20.4. The van der Waals surface area contributed by atoms with E-state index in [1.807, 2.05) is 0 Å². The second-order valence-electron chi connectivity index (χ2n) is 8.49. The van der Waals surface area contributed by atoms with Crippen molar-refractivity contribution in [3.05, 3.63) is 0 Å². The maximum absolute atomic E-state index is 7.75. The fraction of sp³-hybridized carbons (Fsp3) is 1.00. The van der Waals surface area contributed by atoms with E-state index in [0.717, 1.165) is 13.2 Å². The van der Waals surface area contributed by atoms with Gasteiger partial charge in [-0.1, -0.05) is 129 Å². The van der Waals surface area contributed by atoms with Crippen LogP contribution in [0.5, 0.6) is 0 Å². The standard InChI is InChI=1S/C24H50O.C2H7NO/c1-3-5-7-9-11-13-15-17-19-21-23-25-24-22-20-18-16-14-12-10-8-6-4-2;3-1-2-4/h3-24H2,1-2H3;4H,1-3H2. The Kier molecular flexibility index (Phi) is 34.9. The maximum atomic E-state index is 7.75. The average molecular weight is 416 g/mol. The topological polar surface area (TPSA) is 55.5 Å². The summed E-state index contributed by atoms with van der Waals surface area (Å²) in [7, 11) is 0. The first-order chi connectivity index (χ1) is 14.3. The smallest absolute Gasteiger partial charge is 0.0553 e. The van der Waals surface area contributed by atoms with Gasteiger partial charge in [-0.2, -0.15) is 0 Å². The van der Waals surface area contributed by atoms with Crippen LogP contribution < -0.4 is 5.73 Å². The molecule has 0 aliphatic rings. The van der Waals surface area contributed by atoms with E-state index in [4.69, 9.17) is 15.6 Å². The van der Waals surface area contributed by atoms with Crippen LogP contribution in [0.25, 0.3) is 0 Å². The molecule has 0 aliphatic carbocycles. The van der Waals surface area contributed by atoms with Gasteiger partial charge >= 0.3 is 0 Å². The van der Waals surface area contributed by atoms with Crippen molar-refractivity contribution in [3.8, 4) is 0 Å². The minimum Gasteiger partial charge on any atom is -0.395 e. The van der Waals surface area contributed by atoms with E-state index in [-0.39, 0.29) is 6.61 Å². The van der Waals surface area contributed by atoms with E-state index < -0.39 is 0 Å². The second-order valence-corrected chi connectivity index (χ2v) is 8.49. The summed E-state index contributed by atoms with van der Waals surface area (Å²) in [5, 5.41) is 7.75. The summed E-state index contributed by atoms with van der Waals surface area (Å²) in [4.78, 5) is 0. The highest BCUT2D eigenvalue weighted by molar-refractivity contribution is 4.49. The first-order valence-corrected chi connectivity index (χ1v) is 13.2. The zero-order chi connectivity index (χ0) is 21.7. The van der Waals surface area contributed by atoms with Crippen LogP contribution in [0.3, 0.4) is 0 Å². The predicted octanol–water partition coefficient (Wildman–Crippen LogP) is 7.78. The molecule has 0 aliphatic heterocycles. The number of aliphatic hydroxyl groups excluding tert-OH is 1. The summed E-state index contributed by atoms with van der Waals surface area (Å²) < 4.78 is 5.78. The molecule has 0 radical (unpaired) electrons. The Bertz CT molecular complexity index is 225. The number of ether oxygens (including phenoxy) is 1. The Morgan fingerprint density at radius 2 is 0.724 bits per heavy atom. The van der Waals surface area contributed by atoms with Gasteiger partial charge in [-0.25, -0.2) is 0 Å². The lowest BCUT2D eigenvalue weighted by Gasteiger charge is -2.05. The number of nitrogens with two attached hydrogens (primary N) is 1. The summed E-state index contributed by atoms with van der Waals surface area (Å²) >= 11 is 0. The average Bonchev–Trinajstić information content (AvgIpc) is 2.75. The minimum atomic E-state index is 0.0972. The van der Waals surface area contributed by atoms with E-state index in [9.17, 15) is 0 Å². The highest BCUT2D eigenvalue weighted by atomic mass is 16.5. The molecule has 0 aromatic rings. The Morgan fingerprint density at radius 1 is 0.483 bits per heavy atom. The quantitative estimate of drug-likeness (QED) is 0.167. The largest absolute Gasteiger partial charge is 0.395 e. The molecule has 0 aromatic carbocycles. The number of rotatable bonds is 23. The minimum absolute atomic E-state index is 0.0972. The molecule has 0 heterocycles. The van der Waals surface area contributed by atoms with Crippen LogP contribution in [0, 0.1) is 0 Å². The fourth-order valence-corrected chi connectivity index (χ4v) is 3.49. The van der Waals surface area contributed by atoms with Gasteiger partial charge in [-0.15, -0.1) is 0 Å². The van der Waals surface area contributed by atoms with Crippen LogP contribution in [-0.2, 0) is 4.74 Å². The molecule has 29 heavy (non-hydrogen) atoms. The number of unbranched alkanes of at least 4 members (excludes halogenated alkanes) is 18. The van der Waals surface area contributed by atoms with Gasteiger partial charge in [0.25, 0.3) is 0 Å². The van der Waals surface area contributed by atoms with Crippen molar-refractivity contribution < 1.29 is 9.84 Å². The molecule has 0 saturated carbocycles. The molecular formula is C26H57NO2. The third kappa shape index (κ3) is 35.7. The Morgan fingerprint density at radius 3 is 0.966 bits per heavy atom. The van der Waals surface area contributed by atoms with Gasteiger partial charge in [0.05, 0.1) is 6.61 Å². The lowest BCUT2D eigenvalue weighted by Crippen LogP contribution is -2.02. The second kappa shape index (κ2) is 32.5. The van der Waals surface area contributed by atoms with Gasteiger partial charge in [0.15, 0.2) is 0 Å². The van der Waals surface area contributed by atoms with E-state index in [1.165, 1.54) is 128 Å². The lowest BCUT2D eigenvalue weighted by molar-refractivity contribution is 0.125. The van der Waals surface area contributed by atoms with Crippen LogP contribution >= 0.6 is 0 Å². The highest BCUT2D eigenvalue weighted by Crippen LogP contribution is 2.12. The van der Waals surface area contributed by atoms with Crippen LogP contribution in [0.4, 0.5) is 0 Å². The van der Waals surface area contributed by atoms with Crippen LogP contribution in [0.15, 0.2) is 0 Å². The molecule has 3 N–H and O–H groups in total. The van der Waals surface area contributed by atoms with Gasteiger partial charge in [0.1, 0.15) is 0 Å². The zero-order valence-corrected chi connectivity index (χ0v) is 20.4. The summed E-state index contributed by atoms with van der Waals surface area (Å²) in [6.07, 6.45) is 28.2. The monoisotopic (exact) mass is 415 g/mol. The van der Waals surface area contributed by atoms with Crippen molar-refractivity contribution in [3.63, 3.8) is 0 Å². The SMILES string of the molecule is CCCCCCCCCCCCOCCCCCCCCCCCC.NCCO. The molecule has 0 saturated heterocycles. The molecule has 3 nitrogen and oxygen atoms in total. The third-order valence-electron chi connectivity index (χ3n) is 5.41. The number of hydrogen-bond acceptors (Lipinski definition) is 3. The molecule has 0 fully saturated rings. The maximum Gasteiger partial charge on any atom is 0.0553 e. The Hall–Kier alpha value is -0.120.